The minimum atomic E-state index is -0.265. The Kier molecular flexibility index (Phi) is 9.22. The summed E-state index contributed by atoms with van der Waals surface area (Å²) in [5.74, 6) is 1.43. The second-order valence-corrected chi connectivity index (χ2v) is 10.7. The standard InChI is InChI=1S/C27H35ClN2O4S/c1-19(32)30-24-11-9-20(28)17-26(24)35-27(30)23-18-22(33-2)10-12-25(23)34-16-6-13-29(14-15-31)21-7-4-3-5-8-21/h9-12,17-18,21,27,31H,3-8,13-16H2,1-2H3. The summed E-state index contributed by atoms with van der Waals surface area (Å²) in [5, 5.41) is 9.92. The van der Waals surface area contributed by atoms with Crippen molar-refractivity contribution in [3.63, 3.8) is 0 Å². The predicted octanol–water partition coefficient (Wildman–Crippen LogP) is 5.90. The van der Waals surface area contributed by atoms with Crippen LogP contribution in [0.25, 0.3) is 0 Å². The number of ether oxygens (including phenoxy) is 2. The molecule has 1 saturated carbocycles. The molecule has 1 fully saturated rings. The summed E-state index contributed by atoms with van der Waals surface area (Å²) in [5.41, 5.74) is 1.76. The Hall–Kier alpha value is -1.93. The highest BCUT2D eigenvalue weighted by Crippen LogP contribution is 2.54. The quantitative estimate of drug-likeness (QED) is 0.395. The largest absolute Gasteiger partial charge is 0.497 e. The van der Waals surface area contributed by atoms with E-state index in [4.69, 9.17) is 21.1 Å². The van der Waals surface area contributed by atoms with Crippen molar-refractivity contribution in [3.05, 3.63) is 47.0 Å². The van der Waals surface area contributed by atoms with Crippen LogP contribution in [0.5, 0.6) is 11.5 Å². The SMILES string of the molecule is COc1ccc(OCCCN(CCO)C2CCCCC2)c(C2Sc3cc(Cl)ccc3N2C(C)=O)c1. The molecule has 1 aliphatic heterocycles. The molecule has 0 bridgehead atoms. The third-order valence-corrected chi connectivity index (χ3v) is 8.31. The molecule has 1 amide bonds. The van der Waals surface area contributed by atoms with Crippen molar-refractivity contribution in [2.75, 3.05) is 38.3 Å². The molecule has 2 aliphatic rings. The Morgan fingerprint density at radius 1 is 1.17 bits per heavy atom. The lowest BCUT2D eigenvalue weighted by Gasteiger charge is -2.34. The first-order valence-electron chi connectivity index (χ1n) is 12.4. The minimum Gasteiger partial charge on any atom is -0.497 e. The molecule has 190 valence electrons. The number of carbonyl (C=O) groups excluding carboxylic acids is 1. The molecule has 1 N–H and O–H groups in total. The first-order valence-corrected chi connectivity index (χ1v) is 13.7. The maximum atomic E-state index is 12.7. The molecule has 0 aromatic heterocycles. The van der Waals surface area contributed by atoms with Gasteiger partial charge >= 0.3 is 0 Å². The fourth-order valence-electron chi connectivity index (χ4n) is 5.10. The summed E-state index contributed by atoms with van der Waals surface area (Å²) in [6.07, 6.45) is 7.17. The average Bonchev–Trinajstić information content (AvgIpc) is 3.25. The first kappa shape index (κ1) is 26.1. The molecule has 2 aromatic rings. The Morgan fingerprint density at radius 2 is 1.97 bits per heavy atom. The van der Waals surface area contributed by atoms with Crippen molar-refractivity contribution in [1.82, 2.24) is 4.90 Å². The molecule has 0 spiro atoms. The van der Waals surface area contributed by atoms with E-state index in [9.17, 15) is 9.90 Å². The molecule has 1 aliphatic carbocycles. The highest BCUT2D eigenvalue weighted by Gasteiger charge is 2.36. The predicted molar refractivity (Wildman–Crippen MR) is 142 cm³/mol. The van der Waals surface area contributed by atoms with Crippen molar-refractivity contribution in [1.29, 1.82) is 0 Å². The van der Waals surface area contributed by atoms with Crippen LogP contribution in [-0.2, 0) is 4.79 Å². The van der Waals surface area contributed by atoms with Crippen molar-refractivity contribution >= 4 is 35.0 Å². The number of carbonyl (C=O) groups is 1. The van der Waals surface area contributed by atoms with Crippen molar-refractivity contribution in [2.24, 2.45) is 0 Å². The van der Waals surface area contributed by atoms with E-state index in [1.807, 2.05) is 36.4 Å². The normalized spacial score (nSPS) is 18.1. The molecule has 6 nitrogen and oxygen atoms in total. The molecule has 4 rings (SSSR count). The Balaban J connectivity index is 1.48. The van der Waals surface area contributed by atoms with Gasteiger partial charge in [-0.15, -0.1) is 0 Å². The number of anilines is 1. The second kappa shape index (κ2) is 12.3. The van der Waals surface area contributed by atoms with Crippen LogP contribution < -0.4 is 14.4 Å². The van der Waals surface area contributed by atoms with Crippen LogP contribution in [0.1, 0.15) is 56.4 Å². The molecule has 0 saturated heterocycles. The summed E-state index contributed by atoms with van der Waals surface area (Å²) in [6.45, 7) is 3.94. The van der Waals surface area contributed by atoms with Gasteiger partial charge in [0, 0.05) is 41.5 Å². The van der Waals surface area contributed by atoms with Crippen LogP contribution in [0.4, 0.5) is 5.69 Å². The van der Waals surface area contributed by atoms with Gasteiger partial charge in [0.2, 0.25) is 5.91 Å². The molecule has 35 heavy (non-hydrogen) atoms. The Morgan fingerprint density at radius 3 is 2.69 bits per heavy atom. The molecular weight excluding hydrogens is 484 g/mol. The van der Waals surface area contributed by atoms with Crippen molar-refractivity contribution in [2.45, 2.75) is 61.8 Å². The molecular formula is C27H35ClN2O4S. The van der Waals surface area contributed by atoms with E-state index in [0.717, 1.165) is 40.6 Å². The number of thioether (sulfide) groups is 1. The van der Waals surface area contributed by atoms with Gasteiger partial charge in [0.25, 0.3) is 0 Å². The zero-order valence-electron chi connectivity index (χ0n) is 20.5. The van der Waals surface area contributed by atoms with Gasteiger partial charge in [0.05, 0.1) is 26.0 Å². The summed E-state index contributed by atoms with van der Waals surface area (Å²) in [7, 11) is 1.64. The zero-order valence-corrected chi connectivity index (χ0v) is 22.1. The highest BCUT2D eigenvalue weighted by molar-refractivity contribution is 8.00. The fraction of sp³-hybridized carbons (Fsp3) is 0.519. The lowest BCUT2D eigenvalue weighted by Crippen LogP contribution is -2.39. The van der Waals surface area contributed by atoms with Crippen LogP contribution in [0, 0.1) is 0 Å². The van der Waals surface area contributed by atoms with E-state index < -0.39 is 0 Å². The maximum absolute atomic E-state index is 12.7. The maximum Gasteiger partial charge on any atom is 0.225 e. The van der Waals surface area contributed by atoms with Gasteiger partial charge in [-0.3, -0.25) is 14.6 Å². The van der Waals surface area contributed by atoms with E-state index in [2.05, 4.69) is 4.90 Å². The number of hydrogen-bond donors (Lipinski definition) is 1. The van der Waals surface area contributed by atoms with E-state index in [1.54, 1.807) is 30.7 Å². The number of hydrogen-bond acceptors (Lipinski definition) is 6. The van der Waals surface area contributed by atoms with Crippen LogP contribution >= 0.6 is 23.4 Å². The summed E-state index contributed by atoms with van der Waals surface area (Å²) >= 11 is 7.82. The van der Waals surface area contributed by atoms with Gasteiger partial charge in [0.15, 0.2) is 0 Å². The Bertz CT molecular complexity index is 1010. The third-order valence-electron chi connectivity index (χ3n) is 6.80. The van der Waals surface area contributed by atoms with E-state index in [-0.39, 0.29) is 17.9 Å². The lowest BCUT2D eigenvalue weighted by atomic mass is 9.94. The number of aliphatic hydroxyl groups is 1. The molecule has 8 heteroatoms. The number of benzene rings is 2. The van der Waals surface area contributed by atoms with Crippen LogP contribution in [-0.4, -0.2) is 55.4 Å². The van der Waals surface area contributed by atoms with Crippen LogP contribution in [0.2, 0.25) is 5.02 Å². The van der Waals surface area contributed by atoms with Crippen LogP contribution in [0.15, 0.2) is 41.3 Å². The summed E-state index contributed by atoms with van der Waals surface area (Å²) in [6, 6.07) is 11.9. The van der Waals surface area contributed by atoms with Crippen molar-refractivity contribution < 1.29 is 19.4 Å². The van der Waals surface area contributed by atoms with Gasteiger partial charge in [0.1, 0.15) is 16.9 Å². The van der Waals surface area contributed by atoms with E-state index in [0.29, 0.717) is 24.2 Å². The molecule has 1 heterocycles. The Labute approximate surface area is 217 Å². The van der Waals surface area contributed by atoms with Gasteiger partial charge in [-0.1, -0.05) is 42.6 Å². The second-order valence-electron chi connectivity index (χ2n) is 9.13. The fourth-order valence-corrected chi connectivity index (χ4v) is 6.74. The molecule has 1 atom stereocenters. The highest BCUT2D eigenvalue weighted by atomic mass is 35.5. The number of fused-ring (bicyclic) bond motifs is 1. The zero-order chi connectivity index (χ0) is 24.8. The van der Waals surface area contributed by atoms with Gasteiger partial charge in [-0.25, -0.2) is 0 Å². The van der Waals surface area contributed by atoms with Crippen LogP contribution in [0.3, 0.4) is 0 Å². The first-order chi connectivity index (χ1) is 17.0. The lowest BCUT2D eigenvalue weighted by molar-refractivity contribution is -0.116. The number of nitrogens with zero attached hydrogens (tertiary/aromatic N) is 2. The molecule has 0 radical (unpaired) electrons. The minimum absolute atomic E-state index is 0.0375. The van der Waals surface area contributed by atoms with E-state index >= 15 is 0 Å². The number of rotatable bonds is 10. The number of halogens is 1. The average molecular weight is 519 g/mol. The number of methoxy groups -OCH3 is 1. The summed E-state index contributed by atoms with van der Waals surface area (Å²) < 4.78 is 11.8. The third kappa shape index (κ3) is 6.26. The molecule has 2 aromatic carbocycles. The smallest absolute Gasteiger partial charge is 0.225 e. The van der Waals surface area contributed by atoms with Crippen molar-refractivity contribution in [3.8, 4) is 11.5 Å². The number of aliphatic hydroxyl groups excluding tert-OH is 1. The summed E-state index contributed by atoms with van der Waals surface area (Å²) in [4.78, 5) is 17.9. The van der Waals surface area contributed by atoms with E-state index in [1.165, 1.54) is 32.1 Å². The monoisotopic (exact) mass is 518 g/mol. The topological polar surface area (TPSA) is 62.2 Å². The van der Waals surface area contributed by atoms with Gasteiger partial charge < -0.3 is 14.6 Å². The molecule has 1 unspecified atom stereocenters. The van der Waals surface area contributed by atoms with Gasteiger partial charge in [-0.2, -0.15) is 0 Å². The van der Waals surface area contributed by atoms with Gasteiger partial charge in [-0.05, 0) is 55.7 Å². The number of amides is 1.